The van der Waals surface area contributed by atoms with Gasteiger partial charge in [0.2, 0.25) is 0 Å². The second-order valence-electron chi connectivity index (χ2n) is 5.86. The van der Waals surface area contributed by atoms with E-state index in [1.54, 1.807) is 0 Å². The average Bonchev–Trinajstić information content (AvgIpc) is 2.24. The van der Waals surface area contributed by atoms with Crippen LogP contribution in [-0.4, -0.2) is 46.3 Å². The molecule has 1 heterocycles. The lowest BCUT2D eigenvalue weighted by Crippen LogP contribution is -2.55. The molecule has 1 fully saturated rings. The van der Waals surface area contributed by atoms with Gasteiger partial charge in [0, 0.05) is 25.2 Å². The highest BCUT2D eigenvalue weighted by molar-refractivity contribution is 5.70. The van der Waals surface area contributed by atoms with Crippen molar-refractivity contribution in [3.05, 3.63) is 0 Å². The zero-order valence-electron chi connectivity index (χ0n) is 11.6. The summed E-state index contributed by atoms with van der Waals surface area (Å²) in [5, 5.41) is 13.7. The Morgan fingerprint density at radius 3 is 2.24 bits per heavy atom. The van der Waals surface area contributed by atoms with Gasteiger partial charge in [0.25, 0.3) is 0 Å². The third kappa shape index (κ3) is 3.96. The summed E-state index contributed by atoms with van der Waals surface area (Å²) in [5.74, 6) is -0.780. The van der Waals surface area contributed by atoms with Crippen molar-refractivity contribution in [3.63, 3.8) is 0 Å². The van der Waals surface area contributed by atoms with Crippen LogP contribution in [0.5, 0.6) is 0 Å². The van der Waals surface area contributed by atoms with Gasteiger partial charge < -0.3 is 5.11 Å². The Kier molecular flexibility index (Phi) is 4.95. The highest BCUT2D eigenvalue weighted by atomic mass is 16.4. The quantitative estimate of drug-likeness (QED) is 0.821. The van der Waals surface area contributed by atoms with E-state index in [0.29, 0.717) is 0 Å². The molecular weight excluding hydrogens is 216 g/mol. The van der Waals surface area contributed by atoms with Gasteiger partial charge in [-0.05, 0) is 40.0 Å². The molecule has 0 radical (unpaired) electrons. The first-order valence-electron chi connectivity index (χ1n) is 6.61. The van der Waals surface area contributed by atoms with Gasteiger partial charge in [-0.25, -0.2) is 10.0 Å². The maximum atomic E-state index is 10.9. The second-order valence-corrected chi connectivity index (χ2v) is 5.86. The smallest absolute Gasteiger partial charge is 0.306 e. The lowest BCUT2D eigenvalue weighted by Gasteiger charge is -2.46. The number of carbonyl (C=O) groups is 1. The summed E-state index contributed by atoms with van der Waals surface area (Å²) < 4.78 is 0. The first-order chi connectivity index (χ1) is 7.86. The van der Waals surface area contributed by atoms with Crippen molar-refractivity contribution in [2.45, 2.75) is 52.5 Å². The third-order valence-corrected chi connectivity index (χ3v) is 3.37. The van der Waals surface area contributed by atoms with Gasteiger partial charge in [0.1, 0.15) is 0 Å². The molecule has 0 spiro atoms. The zero-order valence-corrected chi connectivity index (χ0v) is 11.6. The zero-order chi connectivity index (χ0) is 13.1. The van der Waals surface area contributed by atoms with Gasteiger partial charge in [-0.2, -0.15) is 0 Å². The van der Waals surface area contributed by atoms with Crippen LogP contribution in [-0.2, 0) is 4.79 Å². The molecule has 4 nitrogen and oxygen atoms in total. The number of carboxylic acid groups (broad SMARTS) is 1. The van der Waals surface area contributed by atoms with E-state index in [4.69, 9.17) is 5.11 Å². The number of hydrogen-bond acceptors (Lipinski definition) is 3. The van der Waals surface area contributed by atoms with E-state index < -0.39 is 5.97 Å². The summed E-state index contributed by atoms with van der Waals surface area (Å²) in [6.07, 6.45) is 2.66. The van der Waals surface area contributed by atoms with E-state index in [0.717, 1.165) is 38.9 Å². The van der Waals surface area contributed by atoms with Crippen molar-refractivity contribution < 1.29 is 9.90 Å². The van der Waals surface area contributed by atoms with Crippen molar-refractivity contribution in [2.75, 3.05) is 19.6 Å². The van der Waals surface area contributed by atoms with Crippen LogP contribution in [0.25, 0.3) is 0 Å². The summed E-state index contributed by atoms with van der Waals surface area (Å²) >= 11 is 0. The number of carboxylic acids is 1. The fourth-order valence-electron chi connectivity index (χ4n) is 2.47. The van der Waals surface area contributed by atoms with Crippen LogP contribution in [0, 0.1) is 5.92 Å². The molecular formula is C13H26N2O2. The van der Waals surface area contributed by atoms with Gasteiger partial charge in [-0.1, -0.05) is 6.92 Å². The second kappa shape index (κ2) is 5.83. The Hall–Kier alpha value is -0.610. The van der Waals surface area contributed by atoms with Crippen LogP contribution in [0.1, 0.15) is 47.0 Å². The molecule has 17 heavy (non-hydrogen) atoms. The number of rotatable bonds is 4. The predicted octanol–water partition coefficient (Wildman–Crippen LogP) is 2.21. The summed E-state index contributed by atoms with van der Waals surface area (Å²) in [6.45, 7) is 11.6. The Bertz CT molecular complexity index is 253. The number of hydrazine groups is 1. The molecule has 0 aromatic heterocycles. The summed E-state index contributed by atoms with van der Waals surface area (Å²) in [6, 6.07) is 0. The number of piperidine rings is 1. The van der Waals surface area contributed by atoms with Crippen LogP contribution >= 0.6 is 0 Å². The van der Waals surface area contributed by atoms with Crippen LogP contribution < -0.4 is 0 Å². The molecule has 0 aliphatic carbocycles. The van der Waals surface area contributed by atoms with Crippen molar-refractivity contribution in [1.29, 1.82) is 0 Å². The minimum atomic E-state index is -0.637. The lowest BCUT2D eigenvalue weighted by molar-refractivity contribution is -0.148. The average molecular weight is 242 g/mol. The van der Waals surface area contributed by atoms with Gasteiger partial charge in [0.05, 0.1) is 5.92 Å². The van der Waals surface area contributed by atoms with Gasteiger partial charge >= 0.3 is 5.97 Å². The van der Waals surface area contributed by atoms with Crippen LogP contribution in [0.3, 0.4) is 0 Å². The van der Waals surface area contributed by atoms with Crippen molar-refractivity contribution >= 4 is 5.97 Å². The number of aliphatic carboxylic acids is 1. The Balaban J connectivity index is 2.58. The molecule has 1 N–H and O–H groups in total. The molecule has 0 aromatic rings. The van der Waals surface area contributed by atoms with Crippen molar-refractivity contribution in [3.8, 4) is 0 Å². The highest BCUT2D eigenvalue weighted by Gasteiger charge is 2.31. The van der Waals surface area contributed by atoms with Gasteiger partial charge in [0.15, 0.2) is 0 Å². The maximum absolute atomic E-state index is 10.9. The lowest BCUT2D eigenvalue weighted by atomic mass is 9.97. The fraction of sp³-hybridized carbons (Fsp3) is 0.923. The molecule has 1 saturated heterocycles. The molecule has 0 bridgehead atoms. The van der Waals surface area contributed by atoms with Crippen LogP contribution in [0.4, 0.5) is 0 Å². The molecule has 1 rings (SSSR count). The van der Waals surface area contributed by atoms with Crippen molar-refractivity contribution in [2.24, 2.45) is 5.92 Å². The molecule has 0 atom stereocenters. The van der Waals surface area contributed by atoms with E-state index in [-0.39, 0.29) is 11.5 Å². The SMILES string of the molecule is CCCN(N1CCC(C(=O)O)CC1)C(C)(C)C. The molecule has 100 valence electrons. The summed E-state index contributed by atoms with van der Waals surface area (Å²) in [5.41, 5.74) is 0.117. The van der Waals surface area contributed by atoms with E-state index in [1.165, 1.54) is 0 Å². The monoisotopic (exact) mass is 242 g/mol. The predicted molar refractivity (Wildman–Crippen MR) is 68.7 cm³/mol. The standard InChI is InChI=1S/C13H26N2O2/c1-5-8-15(13(2,3)4)14-9-6-11(7-10-14)12(16)17/h11H,5-10H2,1-4H3,(H,16,17). The molecule has 0 amide bonds. The normalized spacial score (nSPS) is 19.8. The Morgan fingerprint density at radius 1 is 1.35 bits per heavy atom. The van der Waals surface area contributed by atoms with E-state index in [1.807, 2.05) is 0 Å². The number of nitrogens with zero attached hydrogens (tertiary/aromatic N) is 2. The minimum Gasteiger partial charge on any atom is -0.481 e. The summed E-state index contributed by atoms with van der Waals surface area (Å²) in [4.78, 5) is 10.9. The topological polar surface area (TPSA) is 43.8 Å². The first kappa shape index (κ1) is 14.5. The molecule has 1 aliphatic rings. The largest absolute Gasteiger partial charge is 0.481 e. The van der Waals surface area contributed by atoms with E-state index in [9.17, 15) is 4.79 Å². The van der Waals surface area contributed by atoms with Gasteiger partial charge in [-0.15, -0.1) is 0 Å². The van der Waals surface area contributed by atoms with Crippen LogP contribution in [0.15, 0.2) is 0 Å². The minimum absolute atomic E-state index is 0.117. The maximum Gasteiger partial charge on any atom is 0.306 e. The molecule has 1 aliphatic heterocycles. The third-order valence-electron chi connectivity index (χ3n) is 3.37. The van der Waals surface area contributed by atoms with Crippen molar-refractivity contribution in [1.82, 2.24) is 10.0 Å². The van der Waals surface area contributed by atoms with Crippen LogP contribution in [0.2, 0.25) is 0 Å². The first-order valence-corrected chi connectivity index (χ1v) is 6.61. The van der Waals surface area contributed by atoms with E-state index >= 15 is 0 Å². The summed E-state index contributed by atoms with van der Waals surface area (Å²) in [7, 11) is 0. The van der Waals surface area contributed by atoms with Gasteiger partial charge in [-0.3, -0.25) is 4.79 Å². The van der Waals surface area contributed by atoms with E-state index in [2.05, 4.69) is 37.7 Å². The Morgan fingerprint density at radius 2 is 1.88 bits per heavy atom. The fourth-order valence-corrected chi connectivity index (χ4v) is 2.47. The highest BCUT2D eigenvalue weighted by Crippen LogP contribution is 2.23. The molecule has 0 saturated carbocycles. The molecule has 0 aromatic carbocycles. The Labute approximate surface area is 105 Å². The number of hydrogen-bond donors (Lipinski definition) is 1. The molecule has 0 unspecified atom stereocenters. The molecule has 4 heteroatoms.